The molecule has 6 nitrogen and oxygen atoms in total. The summed E-state index contributed by atoms with van der Waals surface area (Å²) in [6.07, 6.45) is 0.642. The van der Waals surface area contributed by atoms with Crippen LogP contribution in [0.2, 0.25) is 0 Å². The summed E-state index contributed by atoms with van der Waals surface area (Å²) < 4.78 is 0. The third-order valence-electron chi connectivity index (χ3n) is 4.75. The Morgan fingerprint density at radius 2 is 1.64 bits per heavy atom. The van der Waals surface area contributed by atoms with E-state index in [0.29, 0.717) is 39.0 Å². The van der Waals surface area contributed by atoms with Crippen LogP contribution in [0.25, 0.3) is 32.7 Å². The summed E-state index contributed by atoms with van der Waals surface area (Å²) in [7, 11) is 0. The molecule has 0 saturated carbocycles. The summed E-state index contributed by atoms with van der Waals surface area (Å²) in [5.41, 5.74) is 1.75. The molecule has 6 heteroatoms. The van der Waals surface area contributed by atoms with Gasteiger partial charge in [0.15, 0.2) is 6.29 Å². The number of aldehydes is 1. The van der Waals surface area contributed by atoms with Crippen molar-refractivity contribution in [1.29, 1.82) is 0 Å². The van der Waals surface area contributed by atoms with E-state index in [9.17, 15) is 24.8 Å². The van der Waals surface area contributed by atoms with Crippen molar-refractivity contribution >= 4 is 39.5 Å². The molecule has 0 radical (unpaired) electrons. The second-order valence-electron chi connectivity index (χ2n) is 6.36. The minimum atomic E-state index is -1.13. The number of nitrogens with zero attached hydrogens (tertiary/aromatic N) is 1. The number of carbonyl (C=O) groups is 2. The Labute approximate surface area is 158 Å². The van der Waals surface area contributed by atoms with E-state index in [2.05, 4.69) is 0 Å². The minimum absolute atomic E-state index is 0.0180. The molecule has 0 unspecified atom stereocenters. The smallest absolute Gasteiger partial charge is 0.336 e. The average Bonchev–Trinajstić information content (AvgIpc) is 2.71. The fourth-order valence-corrected chi connectivity index (χ4v) is 3.50. The van der Waals surface area contributed by atoms with Crippen molar-refractivity contribution in [3.8, 4) is 11.1 Å². The fourth-order valence-electron chi connectivity index (χ4n) is 3.50. The van der Waals surface area contributed by atoms with Gasteiger partial charge in [-0.1, -0.05) is 36.4 Å². The number of benzene rings is 4. The average molecular weight is 371 g/mol. The Morgan fingerprint density at radius 1 is 0.929 bits per heavy atom. The Balaban J connectivity index is 1.98. The molecule has 4 rings (SSSR count). The first kappa shape index (κ1) is 17.4. The number of nitro benzene ring substituents is 1. The molecule has 0 fully saturated rings. The van der Waals surface area contributed by atoms with Crippen LogP contribution >= 0.6 is 0 Å². The zero-order chi connectivity index (χ0) is 19.8. The van der Waals surface area contributed by atoms with Crippen LogP contribution in [0.4, 0.5) is 5.69 Å². The van der Waals surface area contributed by atoms with E-state index in [0.717, 1.165) is 5.56 Å². The second-order valence-corrected chi connectivity index (χ2v) is 6.36. The van der Waals surface area contributed by atoms with Crippen molar-refractivity contribution < 1.29 is 19.6 Å². The molecule has 0 bridgehead atoms. The van der Waals surface area contributed by atoms with Crippen molar-refractivity contribution in [2.75, 3.05) is 0 Å². The first-order valence-corrected chi connectivity index (χ1v) is 8.42. The van der Waals surface area contributed by atoms with Gasteiger partial charge in [0.25, 0.3) is 5.69 Å². The second kappa shape index (κ2) is 6.59. The summed E-state index contributed by atoms with van der Waals surface area (Å²) >= 11 is 0. The van der Waals surface area contributed by atoms with E-state index >= 15 is 0 Å². The van der Waals surface area contributed by atoms with Crippen molar-refractivity contribution in [2.45, 2.75) is 0 Å². The number of carboxylic acid groups (broad SMARTS) is 1. The summed E-state index contributed by atoms with van der Waals surface area (Å²) in [5.74, 6) is -1.13. The lowest BCUT2D eigenvalue weighted by Crippen LogP contribution is -2.00. The molecule has 0 aliphatic heterocycles. The van der Waals surface area contributed by atoms with Gasteiger partial charge in [0.1, 0.15) is 0 Å². The first-order valence-electron chi connectivity index (χ1n) is 8.42. The molecule has 0 atom stereocenters. The maximum absolute atomic E-state index is 11.8. The Morgan fingerprint density at radius 3 is 2.36 bits per heavy atom. The zero-order valence-corrected chi connectivity index (χ0v) is 14.5. The molecule has 4 aromatic rings. The summed E-state index contributed by atoms with van der Waals surface area (Å²) in [6, 6.07) is 18.4. The van der Waals surface area contributed by atoms with Crippen LogP contribution in [0, 0.1) is 10.1 Å². The Hall–Kier alpha value is -4.06. The van der Waals surface area contributed by atoms with E-state index in [1.807, 2.05) is 6.07 Å². The molecule has 136 valence electrons. The quantitative estimate of drug-likeness (QED) is 0.306. The topological polar surface area (TPSA) is 97.5 Å². The normalized spacial score (nSPS) is 10.9. The lowest BCUT2D eigenvalue weighted by Gasteiger charge is -2.10. The van der Waals surface area contributed by atoms with Gasteiger partial charge in [-0.05, 0) is 46.2 Å². The molecule has 28 heavy (non-hydrogen) atoms. The van der Waals surface area contributed by atoms with E-state index < -0.39 is 10.9 Å². The van der Waals surface area contributed by atoms with Gasteiger partial charge in [0, 0.05) is 17.0 Å². The maximum Gasteiger partial charge on any atom is 0.336 e. The number of non-ortho nitro benzene ring substituents is 1. The minimum Gasteiger partial charge on any atom is -0.478 e. The lowest BCUT2D eigenvalue weighted by atomic mass is 9.93. The highest BCUT2D eigenvalue weighted by atomic mass is 16.6. The number of carboxylic acids is 1. The molecule has 1 N–H and O–H groups in total. The van der Waals surface area contributed by atoms with Crippen LogP contribution in [-0.2, 0) is 0 Å². The highest BCUT2D eigenvalue weighted by molar-refractivity contribution is 6.11. The molecule has 0 amide bonds. The van der Waals surface area contributed by atoms with Gasteiger partial charge < -0.3 is 5.11 Å². The summed E-state index contributed by atoms with van der Waals surface area (Å²) in [4.78, 5) is 33.9. The number of nitro groups is 1. The fraction of sp³-hybridized carbons (Fsp3) is 0. The third-order valence-corrected chi connectivity index (χ3v) is 4.75. The molecule has 0 spiro atoms. The van der Waals surface area contributed by atoms with Crippen LogP contribution in [0.1, 0.15) is 20.7 Å². The van der Waals surface area contributed by atoms with E-state index in [1.165, 1.54) is 12.1 Å². The van der Waals surface area contributed by atoms with Crippen LogP contribution in [0.15, 0.2) is 66.7 Å². The van der Waals surface area contributed by atoms with Gasteiger partial charge in [0.2, 0.25) is 0 Å². The largest absolute Gasteiger partial charge is 0.478 e. The number of hydrogen-bond acceptors (Lipinski definition) is 4. The van der Waals surface area contributed by atoms with Gasteiger partial charge in [-0.3, -0.25) is 14.9 Å². The highest BCUT2D eigenvalue weighted by Gasteiger charge is 2.16. The number of rotatable bonds is 4. The predicted molar refractivity (Wildman–Crippen MR) is 106 cm³/mol. The highest BCUT2D eigenvalue weighted by Crippen LogP contribution is 2.33. The number of hydrogen-bond donors (Lipinski definition) is 1. The molecular weight excluding hydrogens is 358 g/mol. The standard InChI is InChI=1S/C22H13NO5/c24-12-16-5-1-4-15-10-17(11-19(21(15)16)22(25)26)13-7-8-18-14(9-13)3-2-6-20(18)23(27)28/h1-12H,(H,25,26). The first-order chi connectivity index (χ1) is 13.5. The lowest BCUT2D eigenvalue weighted by molar-refractivity contribution is -0.383. The monoisotopic (exact) mass is 371 g/mol. The molecule has 0 aliphatic carbocycles. The zero-order valence-electron chi connectivity index (χ0n) is 14.5. The number of carbonyl (C=O) groups excluding carboxylic acids is 1. The molecule has 4 aromatic carbocycles. The number of fused-ring (bicyclic) bond motifs is 2. The SMILES string of the molecule is O=Cc1cccc2cc(-c3ccc4c([N+](=O)[O-])cccc4c3)cc(C(=O)O)c12. The van der Waals surface area contributed by atoms with Gasteiger partial charge in [-0.15, -0.1) is 0 Å². The van der Waals surface area contributed by atoms with E-state index in [4.69, 9.17) is 0 Å². The van der Waals surface area contributed by atoms with Gasteiger partial charge >= 0.3 is 5.97 Å². The van der Waals surface area contributed by atoms with Crippen LogP contribution in [-0.4, -0.2) is 22.3 Å². The molecular formula is C22H13NO5. The predicted octanol–water partition coefficient (Wildman–Crippen LogP) is 5.08. The molecule has 0 aromatic heterocycles. The Bertz CT molecular complexity index is 1290. The van der Waals surface area contributed by atoms with Gasteiger partial charge in [0.05, 0.1) is 15.9 Å². The van der Waals surface area contributed by atoms with E-state index in [-0.39, 0.29) is 11.3 Å². The third kappa shape index (κ3) is 2.77. The van der Waals surface area contributed by atoms with Crippen molar-refractivity contribution in [3.05, 3.63) is 88.0 Å². The molecule has 0 heterocycles. The van der Waals surface area contributed by atoms with Gasteiger partial charge in [-0.25, -0.2) is 4.79 Å². The Kier molecular flexibility index (Phi) is 4.08. The maximum atomic E-state index is 11.8. The summed E-state index contributed by atoms with van der Waals surface area (Å²) in [5, 5.41) is 23.1. The molecule has 0 saturated heterocycles. The van der Waals surface area contributed by atoms with Crippen LogP contribution < -0.4 is 0 Å². The van der Waals surface area contributed by atoms with Crippen molar-refractivity contribution in [3.63, 3.8) is 0 Å². The van der Waals surface area contributed by atoms with Crippen molar-refractivity contribution in [1.82, 2.24) is 0 Å². The van der Waals surface area contributed by atoms with E-state index in [1.54, 1.807) is 48.5 Å². The molecule has 0 aliphatic rings. The van der Waals surface area contributed by atoms with Crippen LogP contribution in [0.5, 0.6) is 0 Å². The summed E-state index contributed by atoms with van der Waals surface area (Å²) in [6.45, 7) is 0. The van der Waals surface area contributed by atoms with Gasteiger partial charge in [-0.2, -0.15) is 0 Å². The van der Waals surface area contributed by atoms with Crippen molar-refractivity contribution in [2.24, 2.45) is 0 Å². The van der Waals surface area contributed by atoms with Crippen LogP contribution in [0.3, 0.4) is 0 Å². The number of aromatic carboxylic acids is 1.